The lowest BCUT2D eigenvalue weighted by molar-refractivity contribution is 0.669. The van der Waals surface area contributed by atoms with E-state index >= 15 is 0 Å². The lowest BCUT2D eigenvalue weighted by Crippen LogP contribution is -1.91. The summed E-state index contributed by atoms with van der Waals surface area (Å²) in [6.45, 7) is 0. The van der Waals surface area contributed by atoms with Crippen molar-refractivity contribution in [3.8, 4) is 33.4 Å². The molecule has 0 N–H and O–H groups in total. The van der Waals surface area contributed by atoms with Crippen LogP contribution < -0.4 is 0 Å². The zero-order valence-electron chi connectivity index (χ0n) is 31.3. The molecule has 0 radical (unpaired) electrons. The van der Waals surface area contributed by atoms with Gasteiger partial charge < -0.3 is 8.83 Å². The highest BCUT2D eigenvalue weighted by Gasteiger charge is 2.20. The second kappa shape index (κ2) is 11.9. The maximum atomic E-state index is 6.64. The van der Waals surface area contributed by atoms with Gasteiger partial charge in [0.15, 0.2) is 0 Å². The molecule has 58 heavy (non-hydrogen) atoms. The van der Waals surface area contributed by atoms with Gasteiger partial charge in [-0.25, -0.2) is 0 Å². The van der Waals surface area contributed by atoms with Crippen molar-refractivity contribution < 1.29 is 8.83 Å². The molecule has 0 aliphatic heterocycles. The molecule has 2 heteroatoms. The summed E-state index contributed by atoms with van der Waals surface area (Å²) in [5.74, 6) is 0. The molecule has 0 aliphatic rings. The quantitative estimate of drug-likeness (QED) is 0.169. The minimum atomic E-state index is 0.874. The Morgan fingerprint density at radius 3 is 1.50 bits per heavy atom. The van der Waals surface area contributed by atoms with E-state index in [1.54, 1.807) is 0 Å². The summed E-state index contributed by atoms with van der Waals surface area (Å²) in [6.07, 6.45) is 0. The van der Waals surface area contributed by atoms with Crippen molar-refractivity contribution in [1.29, 1.82) is 0 Å². The molecule has 11 aromatic carbocycles. The van der Waals surface area contributed by atoms with Crippen molar-refractivity contribution in [2.45, 2.75) is 0 Å². The van der Waals surface area contributed by atoms with Gasteiger partial charge in [0.05, 0.1) is 0 Å². The topological polar surface area (TPSA) is 26.3 Å². The smallest absolute Gasteiger partial charge is 0.136 e. The number of rotatable bonds is 3. The minimum absolute atomic E-state index is 0.874. The largest absolute Gasteiger partial charge is 0.456 e. The van der Waals surface area contributed by atoms with Gasteiger partial charge in [-0.15, -0.1) is 0 Å². The van der Waals surface area contributed by atoms with Gasteiger partial charge in [0.2, 0.25) is 0 Å². The van der Waals surface area contributed by atoms with Crippen LogP contribution in [-0.2, 0) is 0 Å². The molecule has 0 amide bonds. The Hall–Kier alpha value is -7.68. The predicted octanol–water partition coefficient (Wildman–Crippen LogP) is 16.3. The number of hydrogen-bond acceptors (Lipinski definition) is 2. The van der Waals surface area contributed by atoms with Gasteiger partial charge in [0.25, 0.3) is 0 Å². The van der Waals surface area contributed by atoms with E-state index in [-0.39, 0.29) is 0 Å². The van der Waals surface area contributed by atoms with Crippen LogP contribution in [0.2, 0.25) is 0 Å². The van der Waals surface area contributed by atoms with Gasteiger partial charge in [-0.05, 0) is 136 Å². The van der Waals surface area contributed by atoms with Gasteiger partial charge in [-0.2, -0.15) is 0 Å². The molecule has 0 bridgehead atoms. The van der Waals surface area contributed by atoms with Crippen molar-refractivity contribution in [3.05, 3.63) is 194 Å². The van der Waals surface area contributed by atoms with Crippen LogP contribution >= 0.6 is 0 Å². The van der Waals surface area contributed by atoms with Crippen molar-refractivity contribution in [3.63, 3.8) is 0 Å². The molecular formula is C56H32O2. The lowest BCUT2D eigenvalue weighted by atomic mass is 9.84. The fourth-order valence-electron chi connectivity index (χ4n) is 9.76. The summed E-state index contributed by atoms with van der Waals surface area (Å²) in [5, 5.41) is 16.7. The predicted molar refractivity (Wildman–Crippen MR) is 245 cm³/mol. The molecule has 13 aromatic rings. The minimum Gasteiger partial charge on any atom is -0.456 e. The Labute approximate surface area is 332 Å². The zero-order chi connectivity index (χ0) is 37.9. The highest BCUT2D eigenvalue weighted by molar-refractivity contribution is 6.24. The fourth-order valence-corrected chi connectivity index (χ4v) is 9.76. The standard InChI is InChI=1S/C56H32O2/c1-2-13-35-30-53-49(27-34(35)12-1)50-28-36-15-10-21-40(47(36)32-54(50)58-53)37-23-25-41-48-29-38(24-26-51(48)57-52(41)31-37)55-43-17-5-7-19-45(43)56(46-20-8-6-18-44(46)55)42-22-9-14-33-11-3-4-16-39(33)42/h1-32H. The molecule has 0 spiro atoms. The summed E-state index contributed by atoms with van der Waals surface area (Å²) < 4.78 is 13.1. The van der Waals surface area contributed by atoms with Crippen LogP contribution in [0.1, 0.15) is 0 Å². The highest BCUT2D eigenvalue weighted by Crippen LogP contribution is 2.47. The van der Waals surface area contributed by atoms with E-state index in [0.29, 0.717) is 0 Å². The first-order valence-electron chi connectivity index (χ1n) is 19.9. The lowest BCUT2D eigenvalue weighted by Gasteiger charge is -2.18. The van der Waals surface area contributed by atoms with E-state index in [2.05, 4.69) is 194 Å². The number of benzene rings is 11. The van der Waals surface area contributed by atoms with Gasteiger partial charge >= 0.3 is 0 Å². The van der Waals surface area contributed by atoms with Gasteiger partial charge in [0.1, 0.15) is 22.3 Å². The molecule has 0 fully saturated rings. The zero-order valence-corrected chi connectivity index (χ0v) is 31.3. The maximum Gasteiger partial charge on any atom is 0.136 e. The SMILES string of the molecule is c1ccc2cc3c(cc2c1)oc1cc2c(-c4ccc5c(c4)oc4ccc(-c6c7ccccc7c(-c7cccc8ccccc78)c7ccccc67)cc45)cccc2cc13. The van der Waals surface area contributed by atoms with Crippen LogP contribution in [0.15, 0.2) is 203 Å². The summed E-state index contributed by atoms with van der Waals surface area (Å²) in [5.41, 5.74) is 10.8. The Morgan fingerprint density at radius 1 is 0.224 bits per heavy atom. The normalized spacial score (nSPS) is 12.1. The van der Waals surface area contributed by atoms with Crippen molar-refractivity contribution in [2.75, 3.05) is 0 Å². The van der Waals surface area contributed by atoms with Gasteiger partial charge in [-0.3, -0.25) is 0 Å². The van der Waals surface area contributed by atoms with Gasteiger partial charge in [-0.1, -0.05) is 146 Å². The molecule has 13 rings (SSSR count). The molecule has 0 atom stereocenters. The Bertz CT molecular complexity index is 3800. The van der Waals surface area contributed by atoms with E-state index in [1.165, 1.54) is 70.7 Å². The van der Waals surface area contributed by atoms with E-state index in [9.17, 15) is 0 Å². The van der Waals surface area contributed by atoms with Crippen LogP contribution in [0.4, 0.5) is 0 Å². The van der Waals surface area contributed by atoms with Crippen LogP contribution in [-0.4, -0.2) is 0 Å². The average Bonchev–Trinajstić information content (AvgIpc) is 3.82. The monoisotopic (exact) mass is 736 g/mol. The first kappa shape index (κ1) is 31.5. The molecule has 268 valence electrons. The second-order valence-corrected chi connectivity index (χ2v) is 15.6. The first-order chi connectivity index (χ1) is 28.7. The molecule has 2 aromatic heterocycles. The molecule has 0 saturated heterocycles. The average molecular weight is 737 g/mol. The van der Waals surface area contributed by atoms with Crippen molar-refractivity contribution >= 4 is 97.7 Å². The Morgan fingerprint density at radius 2 is 0.741 bits per heavy atom. The molecule has 2 heterocycles. The number of furan rings is 2. The fraction of sp³-hybridized carbons (Fsp3) is 0. The maximum absolute atomic E-state index is 6.64. The van der Waals surface area contributed by atoms with Crippen molar-refractivity contribution in [1.82, 2.24) is 0 Å². The highest BCUT2D eigenvalue weighted by atomic mass is 16.3. The molecular weight excluding hydrogens is 705 g/mol. The van der Waals surface area contributed by atoms with E-state index in [1.807, 2.05) is 0 Å². The van der Waals surface area contributed by atoms with Crippen molar-refractivity contribution in [2.24, 2.45) is 0 Å². The Balaban J connectivity index is 0.972. The molecule has 0 aliphatic carbocycles. The summed E-state index contributed by atoms with van der Waals surface area (Å²) in [4.78, 5) is 0. The molecule has 0 saturated carbocycles. The summed E-state index contributed by atoms with van der Waals surface area (Å²) in [7, 11) is 0. The second-order valence-electron chi connectivity index (χ2n) is 15.6. The van der Waals surface area contributed by atoms with Crippen LogP contribution in [0.5, 0.6) is 0 Å². The van der Waals surface area contributed by atoms with E-state index in [4.69, 9.17) is 8.83 Å². The Kier molecular flexibility index (Phi) is 6.47. The third-order valence-corrected chi connectivity index (χ3v) is 12.4. The van der Waals surface area contributed by atoms with Crippen LogP contribution in [0, 0.1) is 0 Å². The van der Waals surface area contributed by atoms with E-state index < -0.39 is 0 Å². The first-order valence-corrected chi connectivity index (χ1v) is 19.9. The third-order valence-electron chi connectivity index (χ3n) is 12.4. The van der Waals surface area contributed by atoms with Crippen LogP contribution in [0.25, 0.3) is 131 Å². The van der Waals surface area contributed by atoms with Gasteiger partial charge in [0, 0.05) is 21.5 Å². The summed E-state index contributed by atoms with van der Waals surface area (Å²) >= 11 is 0. The molecule has 2 nitrogen and oxygen atoms in total. The third kappa shape index (κ3) is 4.54. The number of fused-ring (bicyclic) bond motifs is 11. The van der Waals surface area contributed by atoms with E-state index in [0.717, 1.165) is 60.4 Å². The van der Waals surface area contributed by atoms with Crippen LogP contribution in [0.3, 0.4) is 0 Å². The number of hydrogen-bond donors (Lipinski definition) is 0. The summed E-state index contributed by atoms with van der Waals surface area (Å²) in [6, 6.07) is 70.4. The molecule has 0 unspecified atom stereocenters.